The van der Waals surface area contributed by atoms with Crippen molar-refractivity contribution in [2.45, 2.75) is 19.5 Å². The molecule has 2 heterocycles. The molecule has 0 aliphatic carbocycles. The highest BCUT2D eigenvalue weighted by atomic mass is 16.5. The van der Waals surface area contributed by atoms with Crippen molar-refractivity contribution in [3.63, 3.8) is 0 Å². The van der Waals surface area contributed by atoms with Crippen molar-refractivity contribution in [1.82, 2.24) is 4.90 Å². The summed E-state index contributed by atoms with van der Waals surface area (Å²) < 4.78 is 21.9. The zero-order valence-corrected chi connectivity index (χ0v) is 19.1. The number of hydrogen-bond acceptors (Lipinski definition) is 7. The van der Waals surface area contributed by atoms with Gasteiger partial charge in [-0.15, -0.1) is 0 Å². The molecule has 0 spiro atoms. The van der Waals surface area contributed by atoms with Gasteiger partial charge >= 0.3 is 0 Å². The Morgan fingerprint density at radius 3 is 2.35 bits per heavy atom. The molecule has 4 rings (SSSR count). The van der Waals surface area contributed by atoms with Crippen LogP contribution >= 0.6 is 0 Å². The molecule has 8 heteroatoms. The van der Waals surface area contributed by atoms with E-state index in [4.69, 9.17) is 18.6 Å². The first kappa shape index (κ1) is 23.0. The van der Waals surface area contributed by atoms with Crippen molar-refractivity contribution in [3.8, 4) is 17.2 Å². The molecule has 0 radical (unpaired) electrons. The van der Waals surface area contributed by atoms with E-state index in [0.717, 1.165) is 0 Å². The van der Waals surface area contributed by atoms with Gasteiger partial charge in [-0.1, -0.05) is 18.2 Å². The summed E-state index contributed by atoms with van der Waals surface area (Å²) in [5.74, 6) is -0.267. The van der Waals surface area contributed by atoms with Crippen LogP contribution in [0, 0.1) is 0 Å². The number of likely N-dealkylation sites (tertiary alicyclic amines) is 1. The Bertz CT molecular complexity index is 1210. The van der Waals surface area contributed by atoms with E-state index in [0.29, 0.717) is 35.2 Å². The van der Waals surface area contributed by atoms with Crippen LogP contribution in [-0.4, -0.2) is 42.5 Å². The maximum Gasteiger partial charge on any atom is 0.296 e. The Kier molecular flexibility index (Phi) is 6.58. The van der Waals surface area contributed by atoms with Gasteiger partial charge in [0.05, 0.1) is 45.2 Å². The maximum atomic E-state index is 13.3. The van der Waals surface area contributed by atoms with Crippen LogP contribution in [0.2, 0.25) is 0 Å². The third-order valence-corrected chi connectivity index (χ3v) is 5.60. The molecule has 1 atom stereocenters. The Hall–Kier alpha value is -4.20. The van der Waals surface area contributed by atoms with Crippen molar-refractivity contribution in [3.05, 3.63) is 83.3 Å². The minimum Gasteiger partial charge on any atom is -0.506 e. The summed E-state index contributed by atoms with van der Waals surface area (Å²) in [4.78, 5) is 27.9. The quantitative estimate of drug-likeness (QED) is 0.302. The number of hydrogen-bond donors (Lipinski definition) is 1. The number of aliphatic hydroxyl groups is 1. The zero-order valence-electron chi connectivity index (χ0n) is 19.1. The summed E-state index contributed by atoms with van der Waals surface area (Å²) in [6.45, 7) is 2.36. The minimum atomic E-state index is -0.889. The van der Waals surface area contributed by atoms with Crippen LogP contribution in [0.1, 0.15) is 29.9 Å². The first-order valence-electron chi connectivity index (χ1n) is 10.7. The van der Waals surface area contributed by atoms with Gasteiger partial charge in [0.15, 0.2) is 0 Å². The van der Waals surface area contributed by atoms with Gasteiger partial charge < -0.3 is 28.6 Å². The number of furan rings is 1. The number of benzene rings is 2. The van der Waals surface area contributed by atoms with Crippen molar-refractivity contribution in [2.24, 2.45) is 0 Å². The van der Waals surface area contributed by atoms with Crippen LogP contribution < -0.4 is 14.2 Å². The van der Waals surface area contributed by atoms with Crippen LogP contribution in [0.25, 0.3) is 5.76 Å². The van der Waals surface area contributed by atoms with Gasteiger partial charge in [0, 0.05) is 0 Å². The number of ketones is 1. The molecule has 1 unspecified atom stereocenters. The third kappa shape index (κ3) is 4.10. The fraction of sp³-hybridized carbons (Fsp3) is 0.231. The molecule has 3 aromatic rings. The molecule has 1 amide bonds. The van der Waals surface area contributed by atoms with Crippen molar-refractivity contribution in [1.29, 1.82) is 0 Å². The van der Waals surface area contributed by atoms with E-state index in [9.17, 15) is 14.7 Å². The van der Waals surface area contributed by atoms with E-state index >= 15 is 0 Å². The molecular formula is C26H25NO7. The lowest BCUT2D eigenvalue weighted by Gasteiger charge is -2.25. The summed E-state index contributed by atoms with van der Waals surface area (Å²) in [6.07, 6.45) is 1.50. The fourth-order valence-electron chi connectivity index (χ4n) is 4.12. The Balaban J connectivity index is 1.94. The lowest BCUT2D eigenvalue weighted by molar-refractivity contribution is -0.140. The second kappa shape index (κ2) is 9.74. The average molecular weight is 463 g/mol. The summed E-state index contributed by atoms with van der Waals surface area (Å²) in [6, 6.07) is 14.6. The van der Waals surface area contributed by atoms with E-state index in [1.165, 1.54) is 25.4 Å². The molecule has 1 N–H and O–H groups in total. The Morgan fingerprint density at radius 2 is 1.74 bits per heavy atom. The van der Waals surface area contributed by atoms with E-state index < -0.39 is 17.7 Å². The monoisotopic (exact) mass is 463 g/mol. The third-order valence-electron chi connectivity index (χ3n) is 5.60. The maximum absolute atomic E-state index is 13.3. The number of carbonyl (C=O) groups excluding carboxylic acids is 2. The summed E-state index contributed by atoms with van der Waals surface area (Å²) >= 11 is 0. The second-order valence-electron chi connectivity index (χ2n) is 7.55. The number of methoxy groups -OCH3 is 2. The van der Waals surface area contributed by atoms with E-state index in [-0.39, 0.29) is 23.4 Å². The average Bonchev–Trinajstić information content (AvgIpc) is 3.46. The topological polar surface area (TPSA) is 98.4 Å². The lowest BCUT2D eigenvalue weighted by atomic mass is 9.94. The number of amides is 1. The molecule has 2 aromatic carbocycles. The molecule has 1 aliphatic rings. The number of nitrogens with zero attached hydrogens (tertiary/aromatic N) is 1. The first-order chi connectivity index (χ1) is 16.5. The number of aliphatic hydroxyl groups excluding tert-OH is 1. The number of ether oxygens (including phenoxy) is 3. The molecule has 1 aliphatic heterocycles. The molecule has 0 bridgehead atoms. The first-order valence-corrected chi connectivity index (χ1v) is 10.7. The summed E-state index contributed by atoms with van der Waals surface area (Å²) in [5.41, 5.74) is 0.717. The molecule has 1 aromatic heterocycles. The van der Waals surface area contributed by atoms with Gasteiger partial charge in [-0.25, -0.2) is 0 Å². The van der Waals surface area contributed by atoms with E-state index in [1.54, 1.807) is 54.6 Å². The van der Waals surface area contributed by atoms with Crippen LogP contribution in [0.15, 0.2) is 70.9 Å². The molecule has 1 saturated heterocycles. The van der Waals surface area contributed by atoms with E-state index in [2.05, 4.69) is 0 Å². The SMILES string of the molecule is CCOc1cccc(C2/C(=C(\O)c3c(OC)cccc3OC)C(=O)C(=O)N2Cc2ccco2)c1. The molecule has 8 nitrogen and oxygen atoms in total. The van der Waals surface area contributed by atoms with Gasteiger partial charge in [-0.2, -0.15) is 0 Å². The van der Waals surface area contributed by atoms with Crippen molar-refractivity contribution >= 4 is 17.4 Å². The smallest absolute Gasteiger partial charge is 0.296 e. The van der Waals surface area contributed by atoms with Crippen molar-refractivity contribution < 1.29 is 33.3 Å². The van der Waals surface area contributed by atoms with Crippen LogP contribution in [0.5, 0.6) is 17.2 Å². The zero-order chi connectivity index (χ0) is 24.2. The van der Waals surface area contributed by atoms with Crippen LogP contribution in [0.4, 0.5) is 0 Å². The molecule has 34 heavy (non-hydrogen) atoms. The fourth-order valence-corrected chi connectivity index (χ4v) is 4.12. The largest absolute Gasteiger partial charge is 0.506 e. The van der Waals surface area contributed by atoms with Gasteiger partial charge in [0.1, 0.15) is 34.3 Å². The van der Waals surface area contributed by atoms with E-state index in [1.807, 2.05) is 6.92 Å². The summed E-state index contributed by atoms with van der Waals surface area (Å²) in [7, 11) is 2.90. The van der Waals surface area contributed by atoms with Gasteiger partial charge in [0.25, 0.3) is 11.7 Å². The highest BCUT2D eigenvalue weighted by molar-refractivity contribution is 6.46. The summed E-state index contributed by atoms with van der Waals surface area (Å²) in [5, 5.41) is 11.4. The Labute approximate surface area is 197 Å². The number of rotatable bonds is 8. The highest BCUT2D eigenvalue weighted by Crippen LogP contribution is 2.44. The number of Topliss-reactive ketones (excluding diaryl/α,β-unsaturated/α-hetero) is 1. The molecule has 1 fully saturated rings. The van der Waals surface area contributed by atoms with Crippen LogP contribution in [0.3, 0.4) is 0 Å². The second-order valence-corrected chi connectivity index (χ2v) is 7.55. The van der Waals surface area contributed by atoms with Gasteiger partial charge in [-0.05, 0) is 48.9 Å². The van der Waals surface area contributed by atoms with Crippen molar-refractivity contribution in [2.75, 3.05) is 20.8 Å². The molecular weight excluding hydrogens is 438 g/mol. The van der Waals surface area contributed by atoms with Crippen LogP contribution in [-0.2, 0) is 16.1 Å². The normalized spacial score (nSPS) is 17.1. The number of carbonyl (C=O) groups is 2. The highest BCUT2D eigenvalue weighted by Gasteiger charge is 2.47. The molecule has 0 saturated carbocycles. The van der Waals surface area contributed by atoms with Gasteiger partial charge in [0.2, 0.25) is 0 Å². The molecule has 176 valence electrons. The Morgan fingerprint density at radius 1 is 1.03 bits per heavy atom. The van der Waals surface area contributed by atoms with Gasteiger partial charge in [-0.3, -0.25) is 9.59 Å². The lowest BCUT2D eigenvalue weighted by Crippen LogP contribution is -2.29. The minimum absolute atomic E-state index is 0.0426. The predicted molar refractivity (Wildman–Crippen MR) is 124 cm³/mol. The predicted octanol–water partition coefficient (Wildman–Crippen LogP) is 4.32. The standard InChI is InChI=1S/C26H25NO7/c1-4-33-17-9-5-8-16(14-17)23-22(24(28)21-19(31-2)11-6-12-20(21)32-3)25(29)26(30)27(23)15-18-10-7-13-34-18/h5-14,23,28H,4,15H2,1-3H3/b24-22+.